The van der Waals surface area contributed by atoms with Gasteiger partial charge < -0.3 is 10.7 Å². The molecule has 0 spiro atoms. The number of thiazole rings is 1. The molecule has 124 valence electrons. The van der Waals surface area contributed by atoms with E-state index in [4.69, 9.17) is 5.73 Å². The fourth-order valence-corrected chi connectivity index (χ4v) is 3.69. The van der Waals surface area contributed by atoms with Crippen molar-refractivity contribution in [2.24, 2.45) is 5.73 Å². The summed E-state index contributed by atoms with van der Waals surface area (Å²) in [7, 11) is 0. The molecule has 0 bridgehead atoms. The summed E-state index contributed by atoms with van der Waals surface area (Å²) in [6, 6.07) is 14.1. The largest absolute Gasteiger partial charge is 0.370 e. The molecule has 25 heavy (non-hydrogen) atoms. The van der Waals surface area contributed by atoms with Gasteiger partial charge in [0.15, 0.2) is 0 Å². The van der Waals surface area contributed by atoms with Gasteiger partial charge in [0.1, 0.15) is 5.01 Å². The minimum Gasteiger partial charge on any atom is -0.370 e. The summed E-state index contributed by atoms with van der Waals surface area (Å²) >= 11 is 1.59. The van der Waals surface area contributed by atoms with Crippen LogP contribution in [0.3, 0.4) is 0 Å². The summed E-state index contributed by atoms with van der Waals surface area (Å²) in [4.78, 5) is 23.4. The molecule has 0 saturated heterocycles. The van der Waals surface area contributed by atoms with Crippen molar-refractivity contribution < 1.29 is 4.79 Å². The van der Waals surface area contributed by atoms with Crippen molar-refractivity contribution in [2.75, 3.05) is 0 Å². The third-order valence-corrected chi connectivity index (χ3v) is 5.04. The molecule has 2 aromatic heterocycles. The minimum atomic E-state index is -0.325. The van der Waals surface area contributed by atoms with Crippen LogP contribution in [-0.4, -0.2) is 20.9 Å². The number of nitrogens with one attached hydrogen (secondary N) is 1. The maximum atomic E-state index is 11.7. The number of nitrogens with zero attached hydrogens (tertiary/aromatic N) is 2. The molecule has 4 rings (SSSR count). The number of rotatable bonds is 5. The number of H-pyrrole nitrogens is 1. The number of primary amides is 1. The predicted octanol–water partition coefficient (Wildman–Crippen LogP) is 3.69. The number of aromatic nitrogens is 3. The SMILES string of the molecule is NC(=O)CC(c1cccc(-c2nccs2)c1)c1ccc2nc[nH]c2c1. The first kappa shape index (κ1) is 15.5. The van der Waals surface area contributed by atoms with Crippen LogP contribution in [0.1, 0.15) is 23.5 Å². The Labute approximate surface area is 148 Å². The van der Waals surface area contributed by atoms with Gasteiger partial charge in [-0.05, 0) is 29.3 Å². The average Bonchev–Trinajstić information content (AvgIpc) is 3.30. The Morgan fingerprint density at radius 1 is 1.16 bits per heavy atom. The van der Waals surface area contributed by atoms with Crippen LogP contribution in [-0.2, 0) is 4.79 Å². The Hall–Kier alpha value is -2.99. The Bertz CT molecular complexity index is 1020. The number of imidazole rings is 1. The molecule has 0 aliphatic rings. The lowest BCUT2D eigenvalue weighted by Gasteiger charge is -2.17. The van der Waals surface area contributed by atoms with Crippen LogP contribution in [0.5, 0.6) is 0 Å². The van der Waals surface area contributed by atoms with E-state index in [-0.39, 0.29) is 18.2 Å². The van der Waals surface area contributed by atoms with E-state index in [0.29, 0.717) is 0 Å². The minimum absolute atomic E-state index is 0.106. The van der Waals surface area contributed by atoms with Gasteiger partial charge in [0.25, 0.3) is 0 Å². The average molecular weight is 348 g/mol. The quantitative estimate of drug-likeness (QED) is 0.577. The number of nitrogens with two attached hydrogens (primary N) is 1. The first-order chi connectivity index (χ1) is 12.2. The van der Waals surface area contributed by atoms with Crippen LogP contribution >= 0.6 is 11.3 Å². The van der Waals surface area contributed by atoms with Crippen LogP contribution in [0.2, 0.25) is 0 Å². The van der Waals surface area contributed by atoms with Gasteiger partial charge in [0.2, 0.25) is 5.91 Å². The maximum Gasteiger partial charge on any atom is 0.218 e. The summed E-state index contributed by atoms with van der Waals surface area (Å²) in [5.74, 6) is -0.431. The molecule has 0 fully saturated rings. The lowest BCUT2D eigenvalue weighted by molar-refractivity contribution is -0.118. The lowest BCUT2D eigenvalue weighted by Crippen LogP contribution is -2.16. The normalized spacial score (nSPS) is 12.3. The summed E-state index contributed by atoms with van der Waals surface area (Å²) < 4.78 is 0. The number of hydrogen-bond acceptors (Lipinski definition) is 4. The second kappa shape index (κ2) is 6.49. The fourth-order valence-electron chi connectivity index (χ4n) is 3.05. The first-order valence-corrected chi connectivity index (χ1v) is 8.80. The van der Waals surface area contributed by atoms with Gasteiger partial charge in [-0.2, -0.15) is 0 Å². The zero-order valence-corrected chi connectivity index (χ0v) is 14.2. The molecule has 4 aromatic rings. The number of aromatic amines is 1. The number of amides is 1. The Morgan fingerprint density at radius 3 is 2.84 bits per heavy atom. The highest BCUT2D eigenvalue weighted by Gasteiger charge is 2.18. The summed E-state index contributed by atoms with van der Waals surface area (Å²) in [5, 5.41) is 2.92. The van der Waals surface area contributed by atoms with Gasteiger partial charge in [-0.25, -0.2) is 9.97 Å². The summed E-state index contributed by atoms with van der Waals surface area (Å²) in [6.07, 6.45) is 3.71. The Morgan fingerprint density at radius 2 is 2.04 bits per heavy atom. The monoisotopic (exact) mass is 348 g/mol. The molecule has 0 saturated carbocycles. The second-order valence-corrected chi connectivity index (χ2v) is 6.76. The van der Waals surface area contributed by atoms with Crippen LogP contribution in [0.25, 0.3) is 21.6 Å². The molecule has 1 amide bonds. The third kappa shape index (κ3) is 3.16. The van der Waals surface area contributed by atoms with Crippen LogP contribution in [0, 0.1) is 0 Å². The van der Waals surface area contributed by atoms with E-state index in [1.165, 1.54) is 0 Å². The van der Waals surface area contributed by atoms with E-state index in [0.717, 1.165) is 32.7 Å². The van der Waals surface area contributed by atoms with E-state index in [1.54, 1.807) is 23.9 Å². The molecule has 1 unspecified atom stereocenters. The molecule has 2 heterocycles. The highest BCUT2D eigenvalue weighted by molar-refractivity contribution is 7.13. The highest BCUT2D eigenvalue weighted by atomic mass is 32.1. The molecule has 5 nitrogen and oxygen atoms in total. The Balaban J connectivity index is 1.78. The van der Waals surface area contributed by atoms with Crippen molar-refractivity contribution in [1.82, 2.24) is 15.0 Å². The first-order valence-electron chi connectivity index (χ1n) is 7.92. The van der Waals surface area contributed by atoms with E-state index in [1.807, 2.05) is 41.8 Å². The van der Waals surface area contributed by atoms with Gasteiger partial charge in [-0.1, -0.05) is 24.3 Å². The van der Waals surface area contributed by atoms with Gasteiger partial charge in [0, 0.05) is 29.5 Å². The van der Waals surface area contributed by atoms with Crippen molar-refractivity contribution in [3.05, 3.63) is 71.5 Å². The van der Waals surface area contributed by atoms with E-state index in [9.17, 15) is 4.79 Å². The van der Waals surface area contributed by atoms with Crippen molar-refractivity contribution in [2.45, 2.75) is 12.3 Å². The zero-order chi connectivity index (χ0) is 17.2. The predicted molar refractivity (Wildman–Crippen MR) is 99.3 cm³/mol. The van der Waals surface area contributed by atoms with Crippen molar-refractivity contribution in [3.8, 4) is 10.6 Å². The van der Waals surface area contributed by atoms with Crippen LogP contribution in [0.4, 0.5) is 0 Å². The number of hydrogen-bond donors (Lipinski definition) is 2. The topological polar surface area (TPSA) is 84.7 Å². The standard InChI is InChI=1S/C19H16N4OS/c20-18(24)10-15(13-4-5-16-17(9-13)23-11-22-16)12-2-1-3-14(8-12)19-21-6-7-25-19/h1-9,11,15H,10H2,(H2,20,24)(H,22,23). The summed E-state index contributed by atoms with van der Waals surface area (Å²) in [5.41, 5.74) is 10.5. The number of carbonyl (C=O) groups excluding carboxylic acids is 1. The molecule has 0 radical (unpaired) electrons. The van der Waals surface area contributed by atoms with E-state index in [2.05, 4.69) is 21.0 Å². The maximum absolute atomic E-state index is 11.7. The van der Waals surface area contributed by atoms with Crippen molar-refractivity contribution in [3.63, 3.8) is 0 Å². The van der Waals surface area contributed by atoms with E-state index >= 15 is 0 Å². The van der Waals surface area contributed by atoms with Crippen LogP contribution in [0.15, 0.2) is 60.4 Å². The number of benzene rings is 2. The Kier molecular flexibility index (Phi) is 4.03. The molecular formula is C19H16N4OS. The second-order valence-electron chi connectivity index (χ2n) is 5.86. The molecule has 2 aromatic carbocycles. The number of fused-ring (bicyclic) bond motifs is 1. The molecule has 3 N–H and O–H groups in total. The summed E-state index contributed by atoms with van der Waals surface area (Å²) in [6.45, 7) is 0. The molecule has 0 aliphatic heterocycles. The molecule has 6 heteroatoms. The molecule has 0 aliphatic carbocycles. The lowest BCUT2D eigenvalue weighted by atomic mass is 9.87. The van der Waals surface area contributed by atoms with Gasteiger partial charge >= 0.3 is 0 Å². The van der Waals surface area contributed by atoms with Gasteiger partial charge in [-0.3, -0.25) is 4.79 Å². The highest BCUT2D eigenvalue weighted by Crippen LogP contribution is 2.32. The van der Waals surface area contributed by atoms with Crippen molar-refractivity contribution >= 4 is 28.3 Å². The molecular weight excluding hydrogens is 332 g/mol. The fraction of sp³-hybridized carbons (Fsp3) is 0.105. The number of carbonyl (C=O) groups is 1. The van der Waals surface area contributed by atoms with Gasteiger partial charge in [-0.15, -0.1) is 11.3 Å². The zero-order valence-electron chi connectivity index (χ0n) is 13.3. The van der Waals surface area contributed by atoms with E-state index < -0.39 is 0 Å². The smallest absolute Gasteiger partial charge is 0.218 e. The third-order valence-electron chi connectivity index (χ3n) is 4.22. The van der Waals surface area contributed by atoms with Gasteiger partial charge in [0.05, 0.1) is 17.4 Å². The van der Waals surface area contributed by atoms with Crippen molar-refractivity contribution in [1.29, 1.82) is 0 Å². The van der Waals surface area contributed by atoms with Crippen LogP contribution < -0.4 is 5.73 Å². The molecule has 1 atom stereocenters.